The third kappa shape index (κ3) is 2.62. The number of carbonyl (C=O) groups is 1. The minimum absolute atomic E-state index is 0.0275. The van der Waals surface area contributed by atoms with E-state index in [-0.39, 0.29) is 23.4 Å². The highest BCUT2D eigenvalue weighted by Gasteiger charge is 2.15. The maximum Gasteiger partial charge on any atom is 0.413 e. The summed E-state index contributed by atoms with van der Waals surface area (Å²) in [4.78, 5) is 18.4. The summed E-state index contributed by atoms with van der Waals surface area (Å²) in [5, 5.41) is 2.25. The number of aromatic nitrogens is 2. The molecule has 0 saturated carbocycles. The molecule has 88 valence electrons. The fraction of sp³-hybridized carbons (Fsp3) is 0.375. The van der Waals surface area contributed by atoms with Crippen molar-refractivity contribution < 1.29 is 14.3 Å². The molecule has 0 bridgehead atoms. The van der Waals surface area contributed by atoms with E-state index in [4.69, 9.17) is 20.9 Å². The highest BCUT2D eigenvalue weighted by atomic mass is 16.6. The molecule has 0 radical (unpaired) electrons. The Balaban J connectivity index is 3.03. The van der Waals surface area contributed by atoms with E-state index in [1.165, 1.54) is 7.05 Å². The number of hydrogen-bond donors (Lipinski definition) is 3. The maximum absolute atomic E-state index is 11.0. The molecule has 0 atom stereocenters. The van der Waals surface area contributed by atoms with Crippen molar-refractivity contribution in [3.8, 4) is 11.8 Å². The summed E-state index contributed by atoms with van der Waals surface area (Å²) >= 11 is 0. The quantitative estimate of drug-likeness (QED) is 0.650. The topological polar surface area (TPSA) is 125 Å². The summed E-state index contributed by atoms with van der Waals surface area (Å²) in [5.74, 6) is -0.124. The van der Waals surface area contributed by atoms with Gasteiger partial charge in [0.15, 0.2) is 5.69 Å². The zero-order valence-electron chi connectivity index (χ0n) is 8.98. The van der Waals surface area contributed by atoms with Crippen LogP contribution in [0, 0.1) is 0 Å². The number of hydrogen-bond acceptors (Lipinski definition) is 7. The monoisotopic (exact) mass is 227 g/mol. The lowest BCUT2D eigenvalue weighted by atomic mass is 10.5. The Hall–Kier alpha value is -2.25. The number of amides is 1. The van der Waals surface area contributed by atoms with Gasteiger partial charge in [0.05, 0.1) is 6.61 Å². The van der Waals surface area contributed by atoms with Crippen LogP contribution in [0.1, 0.15) is 6.92 Å². The molecule has 1 rings (SSSR count). The van der Waals surface area contributed by atoms with Crippen molar-refractivity contribution in [2.24, 2.45) is 0 Å². The van der Waals surface area contributed by atoms with Gasteiger partial charge in [-0.25, -0.2) is 4.79 Å². The molecule has 0 fully saturated rings. The van der Waals surface area contributed by atoms with Gasteiger partial charge in [0.25, 0.3) is 5.88 Å². The van der Waals surface area contributed by atoms with Gasteiger partial charge in [-0.2, -0.15) is 9.97 Å². The van der Waals surface area contributed by atoms with E-state index in [9.17, 15) is 4.79 Å². The molecule has 8 heteroatoms. The third-order valence-corrected chi connectivity index (χ3v) is 1.57. The van der Waals surface area contributed by atoms with E-state index >= 15 is 0 Å². The van der Waals surface area contributed by atoms with E-state index in [0.29, 0.717) is 6.61 Å². The second-order valence-electron chi connectivity index (χ2n) is 2.68. The Morgan fingerprint density at radius 3 is 2.56 bits per heavy atom. The molecule has 0 aliphatic rings. The standard InChI is InChI=1S/C8H13N5O3/c1-3-15-5-4(9)6(13-7(10)12-5)16-8(14)11-2/h3,9H2,1-2H3,(H,11,14)(H2,10,12,13). The second kappa shape index (κ2) is 5.01. The molecule has 8 nitrogen and oxygen atoms in total. The molecule has 1 aromatic rings. The van der Waals surface area contributed by atoms with Gasteiger partial charge < -0.3 is 26.3 Å². The van der Waals surface area contributed by atoms with Gasteiger partial charge in [-0.1, -0.05) is 0 Å². The lowest BCUT2D eigenvalue weighted by Crippen LogP contribution is -2.23. The van der Waals surface area contributed by atoms with Crippen LogP contribution in [0.25, 0.3) is 0 Å². The number of nitrogens with two attached hydrogens (primary N) is 2. The molecule has 1 amide bonds. The Kier molecular flexibility index (Phi) is 3.70. The number of nitrogens with zero attached hydrogens (tertiary/aromatic N) is 2. The Morgan fingerprint density at radius 2 is 2.00 bits per heavy atom. The molecular weight excluding hydrogens is 214 g/mol. The molecule has 0 aliphatic carbocycles. The Labute approximate surface area is 91.9 Å². The average Bonchev–Trinajstić information content (AvgIpc) is 2.25. The maximum atomic E-state index is 11.0. The first kappa shape index (κ1) is 11.8. The molecule has 16 heavy (non-hydrogen) atoms. The van der Waals surface area contributed by atoms with Crippen LogP contribution in [-0.2, 0) is 0 Å². The number of nitrogens with one attached hydrogen (secondary N) is 1. The van der Waals surface area contributed by atoms with E-state index in [0.717, 1.165) is 0 Å². The van der Waals surface area contributed by atoms with Crippen molar-refractivity contribution in [1.82, 2.24) is 15.3 Å². The molecule has 1 heterocycles. The lowest BCUT2D eigenvalue weighted by Gasteiger charge is -2.09. The van der Waals surface area contributed by atoms with Crippen LogP contribution in [0.15, 0.2) is 0 Å². The van der Waals surface area contributed by atoms with Crippen LogP contribution in [0.3, 0.4) is 0 Å². The summed E-state index contributed by atoms with van der Waals surface area (Å²) in [6.45, 7) is 2.12. The van der Waals surface area contributed by atoms with Crippen molar-refractivity contribution in [2.45, 2.75) is 6.92 Å². The minimum atomic E-state index is -0.702. The molecule has 1 aromatic heterocycles. The number of ether oxygens (including phenoxy) is 2. The average molecular weight is 227 g/mol. The summed E-state index contributed by atoms with van der Waals surface area (Å²) in [6, 6.07) is 0. The highest BCUT2D eigenvalue weighted by molar-refractivity contribution is 5.72. The Bertz CT molecular complexity index is 396. The van der Waals surface area contributed by atoms with Crippen LogP contribution >= 0.6 is 0 Å². The number of anilines is 2. The van der Waals surface area contributed by atoms with E-state index in [1.54, 1.807) is 6.92 Å². The van der Waals surface area contributed by atoms with Crippen molar-refractivity contribution in [3.05, 3.63) is 0 Å². The first-order valence-electron chi connectivity index (χ1n) is 4.53. The smallest absolute Gasteiger partial charge is 0.413 e. The molecule has 0 spiro atoms. The van der Waals surface area contributed by atoms with Gasteiger partial charge in [0.2, 0.25) is 11.8 Å². The van der Waals surface area contributed by atoms with Gasteiger partial charge in [-0.15, -0.1) is 0 Å². The molecule has 0 aromatic carbocycles. The van der Waals surface area contributed by atoms with Crippen molar-refractivity contribution >= 4 is 17.7 Å². The number of carbonyl (C=O) groups excluding carboxylic acids is 1. The molecule has 5 N–H and O–H groups in total. The van der Waals surface area contributed by atoms with Crippen molar-refractivity contribution in [2.75, 3.05) is 25.1 Å². The highest BCUT2D eigenvalue weighted by Crippen LogP contribution is 2.28. The predicted molar refractivity (Wildman–Crippen MR) is 57.1 cm³/mol. The van der Waals surface area contributed by atoms with Crippen molar-refractivity contribution in [1.29, 1.82) is 0 Å². The normalized spacial score (nSPS) is 9.62. The summed E-state index contributed by atoms with van der Waals surface area (Å²) in [5.41, 5.74) is 11.1. The van der Waals surface area contributed by atoms with Crippen LogP contribution in [0.2, 0.25) is 0 Å². The molecule has 0 saturated heterocycles. The molecule has 0 unspecified atom stereocenters. The summed E-state index contributed by atoms with van der Waals surface area (Å²) in [6.07, 6.45) is -0.702. The minimum Gasteiger partial charge on any atom is -0.476 e. The zero-order chi connectivity index (χ0) is 12.1. The van der Waals surface area contributed by atoms with E-state index < -0.39 is 6.09 Å². The Morgan fingerprint density at radius 1 is 1.38 bits per heavy atom. The summed E-state index contributed by atoms with van der Waals surface area (Å²) in [7, 11) is 1.41. The zero-order valence-corrected chi connectivity index (χ0v) is 8.98. The first-order valence-corrected chi connectivity index (χ1v) is 4.53. The van der Waals surface area contributed by atoms with Gasteiger partial charge in [-0.3, -0.25) is 0 Å². The first-order chi connectivity index (χ1) is 7.58. The van der Waals surface area contributed by atoms with E-state index in [2.05, 4.69) is 15.3 Å². The van der Waals surface area contributed by atoms with Gasteiger partial charge in [-0.05, 0) is 6.92 Å². The van der Waals surface area contributed by atoms with Crippen molar-refractivity contribution in [3.63, 3.8) is 0 Å². The number of rotatable bonds is 3. The molecular formula is C8H13N5O3. The number of nitrogen functional groups attached to an aromatic ring is 2. The fourth-order valence-electron chi connectivity index (χ4n) is 0.908. The van der Waals surface area contributed by atoms with E-state index in [1.807, 2.05) is 0 Å². The second-order valence-corrected chi connectivity index (χ2v) is 2.68. The largest absolute Gasteiger partial charge is 0.476 e. The fourth-order valence-corrected chi connectivity index (χ4v) is 0.908. The lowest BCUT2D eigenvalue weighted by molar-refractivity contribution is 0.201. The van der Waals surface area contributed by atoms with Crippen LogP contribution in [-0.4, -0.2) is 29.7 Å². The van der Waals surface area contributed by atoms with Gasteiger partial charge in [0.1, 0.15) is 0 Å². The summed E-state index contributed by atoms with van der Waals surface area (Å²) < 4.78 is 9.88. The van der Waals surface area contributed by atoms with Gasteiger partial charge in [0, 0.05) is 7.05 Å². The van der Waals surface area contributed by atoms with Crippen LogP contribution < -0.4 is 26.3 Å². The van der Waals surface area contributed by atoms with Crippen LogP contribution in [0.5, 0.6) is 11.8 Å². The predicted octanol–water partition coefficient (Wildman–Crippen LogP) is -0.242. The third-order valence-electron chi connectivity index (χ3n) is 1.57. The SMILES string of the molecule is CCOc1nc(N)nc(OC(=O)NC)c1N. The molecule has 0 aliphatic heterocycles. The van der Waals surface area contributed by atoms with Crippen LogP contribution in [0.4, 0.5) is 16.4 Å². The van der Waals surface area contributed by atoms with Gasteiger partial charge >= 0.3 is 6.09 Å².